The molecule has 1 nitrogen and oxygen atoms in total. The van der Waals surface area contributed by atoms with Gasteiger partial charge in [0.15, 0.2) is 11.6 Å². The van der Waals surface area contributed by atoms with Crippen LogP contribution in [0, 0.1) is 17.5 Å². The van der Waals surface area contributed by atoms with E-state index in [1.54, 1.807) is 0 Å². The maximum Gasteiger partial charge on any atom is 0.161 e. The van der Waals surface area contributed by atoms with Crippen LogP contribution < -0.4 is 5.32 Å². The molecule has 0 aromatic heterocycles. The van der Waals surface area contributed by atoms with Gasteiger partial charge in [0.25, 0.3) is 0 Å². The van der Waals surface area contributed by atoms with Gasteiger partial charge < -0.3 is 5.32 Å². The van der Waals surface area contributed by atoms with Crippen molar-refractivity contribution in [3.8, 4) is 0 Å². The third-order valence-electron chi connectivity index (χ3n) is 2.36. The second-order valence-electron chi connectivity index (χ2n) is 3.73. The smallest absolute Gasteiger partial charge is 0.161 e. The standard InChI is InChI=1S/C12H16F3N/c1-2-3-4-5-6-16-12-8-10(14)9(13)7-11(12)15/h7-8,16H,2-6H2,1H3. The predicted octanol–water partition coefficient (Wildman–Crippen LogP) is 4.10. The summed E-state index contributed by atoms with van der Waals surface area (Å²) in [6.45, 7) is 2.67. The Morgan fingerprint density at radius 2 is 1.62 bits per heavy atom. The van der Waals surface area contributed by atoms with Crippen LogP contribution in [-0.4, -0.2) is 6.54 Å². The first-order valence-electron chi connectivity index (χ1n) is 5.53. The highest BCUT2D eigenvalue weighted by Gasteiger charge is 2.08. The summed E-state index contributed by atoms with van der Waals surface area (Å²) in [7, 11) is 0. The second kappa shape index (κ2) is 6.40. The zero-order chi connectivity index (χ0) is 12.0. The number of rotatable bonds is 6. The molecule has 0 aliphatic carbocycles. The summed E-state index contributed by atoms with van der Waals surface area (Å²) in [6, 6.07) is 1.41. The van der Waals surface area contributed by atoms with Gasteiger partial charge in [-0.25, -0.2) is 13.2 Å². The predicted molar refractivity (Wildman–Crippen MR) is 58.9 cm³/mol. The Balaban J connectivity index is 2.45. The van der Waals surface area contributed by atoms with E-state index in [2.05, 4.69) is 12.2 Å². The molecule has 1 aromatic rings. The zero-order valence-electron chi connectivity index (χ0n) is 9.32. The fourth-order valence-electron chi connectivity index (χ4n) is 1.43. The molecular formula is C12H16F3N. The Kier molecular flexibility index (Phi) is 5.15. The van der Waals surface area contributed by atoms with Gasteiger partial charge in [0.2, 0.25) is 0 Å². The van der Waals surface area contributed by atoms with Crippen LogP contribution in [0.15, 0.2) is 12.1 Å². The van der Waals surface area contributed by atoms with E-state index < -0.39 is 17.5 Å². The van der Waals surface area contributed by atoms with E-state index >= 15 is 0 Å². The van der Waals surface area contributed by atoms with Crippen LogP contribution in [0.2, 0.25) is 0 Å². The molecule has 16 heavy (non-hydrogen) atoms. The lowest BCUT2D eigenvalue weighted by atomic mass is 10.2. The lowest BCUT2D eigenvalue weighted by molar-refractivity contribution is 0.496. The van der Waals surface area contributed by atoms with Crippen molar-refractivity contribution >= 4 is 5.69 Å². The van der Waals surface area contributed by atoms with Crippen LogP contribution in [0.3, 0.4) is 0 Å². The second-order valence-corrected chi connectivity index (χ2v) is 3.73. The van der Waals surface area contributed by atoms with Gasteiger partial charge in [-0.15, -0.1) is 0 Å². The van der Waals surface area contributed by atoms with Crippen molar-refractivity contribution in [2.45, 2.75) is 32.6 Å². The number of anilines is 1. The highest BCUT2D eigenvalue weighted by atomic mass is 19.2. The van der Waals surface area contributed by atoms with Crippen molar-refractivity contribution in [1.29, 1.82) is 0 Å². The molecule has 0 bridgehead atoms. The number of hydrogen-bond acceptors (Lipinski definition) is 1. The van der Waals surface area contributed by atoms with Crippen LogP contribution in [-0.2, 0) is 0 Å². The SMILES string of the molecule is CCCCCCNc1cc(F)c(F)cc1F. The Labute approximate surface area is 93.7 Å². The fourth-order valence-corrected chi connectivity index (χ4v) is 1.43. The van der Waals surface area contributed by atoms with E-state index in [1.807, 2.05) is 0 Å². The topological polar surface area (TPSA) is 12.0 Å². The first-order valence-corrected chi connectivity index (χ1v) is 5.53. The van der Waals surface area contributed by atoms with Crippen LogP contribution in [0.5, 0.6) is 0 Å². The summed E-state index contributed by atoms with van der Waals surface area (Å²) in [4.78, 5) is 0. The third-order valence-corrected chi connectivity index (χ3v) is 2.36. The lowest BCUT2D eigenvalue weighted by Gasteiger charge is -2.07. The van der Waals surface area contributed by atoms with Gasteiger partial charge in [0.05, 0.1) is 5.69 Å². The molecule has 0 saturated heterocycles. The number of benzene rings is 1. The molecule has 0 amide bonds. The fraction of sp³-hybridized carbons (Fsp3) is 0.500. The summed E-state index contributed by atoms with van der Waals surface area (Å²) in [5.41, 5.74) is 0.0235. The molecule has 0 radical (unpaired) electrons. The number of halogens is 3. The highest BCUT2D eigenvalue weighted by molar-refractivity contribution is 5.45. The molecule has 1 N–H and O–H groups in total. The van der Waals surface area contributed by atoms with Crippen molar-refractivity contribution in [2.75, 3.05) is 11.9 Å². The highest BCUT2D eigenvalue weighted by Crippen LogP contribution is 2.18. The molecule has 0 heterocycles. The summed E-state index contributed by atoms with van der Waals surface area (Å²) < 4.78 is 38.5. The minimum atomic E-state index is -1.16. The molecule has 0 unspecified atom stereocenters. The summed E-state index contributed by atoms with van der Waals surface area (Å²) in [5.74, 6) is -2.94. The first kappa shape index (κ1) is 12.9. The first-order chi connectivity index (χ1) is 7.65. The van der Waals surface area contributed by atoms with Gasteiger partial charge in [-0.05, 0) is 6.42 Å². The van der Waals surface area contributed by atoms with E-state index in [0.29, 0.717) is 12.6 Å². The van der Waals surface area contributed by atoms with Crippen molar-refractivity contribution < 1.29 is 13.2 Å². The molecule has 1 aromatic carbocycles. The van der Waals surface area contributed by atoms with E-state index in [1.165, 1.54) is 0 Å². The molecule has 0 saturated carbocycles. The van der Waals surface area contributed by atoms with E-state index in [0.717, 1.165) is 31.7 Å². The lowest BCUT2D eigenvalue weighted by Crippen LogP contribution is -2.04. The number of nitrogens with one attached hydrogen (secondary N) is 1. The van der Waals surface area contributed by atoms with E-state index in [-0.39, 0.29) is 5.69 Å². The van der Waals surface area contributed by atoms with Gasteiger partial charge in [-0.3, -0.25) is 0 Å². The normalized spacial score (nSPS) is 10.5. The Hall–Kier alpha value is -1.19. The maximum atomic E-state index is 13.1. The maximum absolute atomic E-state index is 13.1. The molecule has 0 spiro atoms. The largest absolute Gasteiger partial charge is 0.383 e. The average Bonchev–Trinajstić information content (AvgIpc) is 2.25. The van der Waals surface area contributed by atoms with Gasteiger partial charge in [-0.2, -0.15) is 0 Å². The summed E-state index contributed by atoms with van der Waals surface area (Å²) in [6.07, 6.45) is 4.20. The van der Waals surface area contributed by atoms with Crippen LogP contribution in [0.1, 0.15) is 32.6 Å². The Morgan fingerprint density at radius 1 is 0.938 bits per heavy atom. The van der Waals surface area contributed by atoms with Gasteiger partial charge in [0, 0.05) is 18.7 Å². The van der Waals surface area contributed by atoms with Gasteiger partial charge in [-0.1, -0.05) is 26.2 Å². The van der Waals surface area contributed by atoms with Crippen molar-refractivity contribution in [3.05, 3.63) is 29.6 Å². The third kappa shape index (κ3) is 3.76. The minimum Gasteiger partial charge on any atom is -0.383 e. The average molecular weight is 231 g/mol. The molecule has 0 fully saturated rings. The summed E-state index contributed by atoms with van der Waals surface area (Å²) in [5, 5.41) is 2.76. The Bertz CT molecular complexity index is 339. The van der Waals surface area contributed by atoms with E-state index in [4.69, 9.17) is 0 Å². The molecule has 0 atom stereocenters. The van der Waals surface area contributed by atoms with E-state index in [9.17, 15) is 13.2 Å². The van der Waals surface area contributed by atoms with Gasteiger partial charge in [0.1, 0.15) is 5.82 Å². The van der Waals surface area contributed by atoms with Crippen LogP contribution in [0.25, 0.3) is 0 Å². The quantitative estimate of drug-likeness (QED) is 0.574. The van der Waals surface area contributed by atoms with Gasteiger partial charge >= 0.3 is 0 Å². The van der Waals surface area contributed by atoms with Crippen molar-refractivity contribution in [3.63, 3.8) is 0 Å². The van der Waals surface area contributed by atoms with Crippen molar-refractivity contribution in [1.82, 2.24) is 0 Å². The Morgan fingerprint density at radius 3 is 2.31 bits per heavy atom. The number of unbranched alkanes of at least 4 members (excludes halogenated alkanes) is 3. The number of hydrogen-bond donors (Lipinski definition) is 1. The molecule has 1 rings (SSSR count). The molecule has 90 valence electrons. The minimum absolute atomic E-state index is 0.0235. The summed E-state index contributed by atoms with van der Waals surface area (Å²) >= 11 is 0. The molecular weight excluding hydrogens is 215 g/mol. The van der Waals surface area contributed by atoms with Crippen LogP contribution >= 0.6 is 0 Å². The monoisotopic (exact) mass is 231 g/mol. The van der Waals surface area contributed by atoms with Crippen molar-refractivity contribution in [2.24, 2.45) is 0 Å². The molecule has 0 aliphatic heterocycles. The molecule has 4 heteroatoms. The molecule has 0 aliphatic rings. The zero-order valence-corrected chi connectivity index (χ0v) is 9.32. The van der Waals surface area contributed by atoms with Crippen LogP contribution in [0.4, 0.5) is 18.9 Å².